The molecule has 0 bridgehead atoms. The van der Waals surface area contributed by atoms with E-state index in [2.05, 4.69) is 15.0 Å². The molecule has 14 heavy (non-hydrogen) atoms. The molecule has 0 aromatic carbocycles. The van der Waals surface area contributed by atoms with Crippen molar-refractivity contribution < 1.29 is 0 Å². The lowest BCUT2D eigenvalue weighted by Crippen LogP contribution is -1.93. The molecule has 0 amide bonds. The summed E-state index contributed by atoms with van der Waals surface area (Å²) >= 11 is 5.77. The summed E-state index contributed by atoms with van der Waals surface area (Å²) in [5.74, 6) is 0.565. The number of aryl methyl sites for hydroxylation is 1. The molecule has 2 heterocycles. The smallest absolute Gasteiger partial charge is 0.179 e. The standard InChI is InChI=1S/C10H8ClN3/c1-7-3-2-5-12-9(7)10-13-6-4-8(11)14-10/h2-6H,1H3. The molecule has 0 saturated carbocycles. The number of nitrogens with zero attached hydrogens (tertiary/aromatic N) is 3. The SMILES string of the molecule is Cc1cccnc1-c1nccc(Cl)n1. The van der Waals surface area contributed by atoms with Crippen LogP contribution >= 0.6 is 11.6 Å². The second-order valence-corrected chi connectivity index (χ2v) is 3.26. The first kappa shape index (κ1) is 9.09. The van der Waals surface area contributed by atoms with E-state index in [0.29, 0.717) is 11.0 Å². The molecule has 3 nitrogen and oxygen atoms in total. The Bertz CT molecular complexity index is 457. The molecule has 0 fully saturated rings. The molecule has 2 rings (SSSR count). The van der Waals surface area contributed by atoms with E-state index in [1.165, 1.54) is 0 Å². The van der Waals surface area contributed by atoms with Crippen LogP contribution in [-0.4, -0.2) is 15.0 Å². The second kappa shape index (κ2) is 3.72. The summed E-state index contributed by atoms with van der Waals surface area (Å²) in [7, 11) is 0. The number of aromatic nitrogens is 3. The Morgan fingerprint density at radius 2 is 2.00 bits per heavy atom. The largest absolute Gasteiger partial charge is 0.253 e. The third-order valence-electron chi connectivity index (χ3n) is 1.84. The third kappa shape index (κ3) is 1.72. The molecule has 70 valence electrons. The van der Waals surface area contributed by atoms with Crippen LogP contribution < -0.4 is 0 Å². The van der Waals surface area contributed by atoms with E-state index in [4.69, 9.17) is 11.6 Å². The van der Waals surface area contributed by atoms with Crippen molar-refractivity contribution in [3.05, 3.63) is 41.3 Å². The molecule has 2 aromatic rings. The normalized spacial score (nSPS) is 10.1. The minimum atomic E-state index is 0.431. The van der Waals surface area contributed by atoms with Crippen molar-refractivity contribution in [2.45, 2.75) is 6.92 Å². The zero-order chi connectivity index (χ0) is 9.97. The zero-order valence-corrected chi connectivity index (χ0v) is 8.36. The molecular weight excluding hydrogens is 198 g/mol. The number of hydrogen-bond donors (Lipinski definition) is 0. The highest BCUT2D eigenvalue weighted by Crippen LogP contribution is 2.16. The van der Waals surface area contributed by atoms with Crippen LogP contribution in [0.2, 0.25) is 5.15 Å². The first-order chi connectivity index (χ1) is 6.77. The molecule has 0 radical (unpaired) electrons. The third-order valence-corrected chi connectivity index (χ3v) is 2.05. The van der Waals surface area contributed by atoms with Crippen LogP contribution in [0.1, 0.15) is 5.56 Å². The molecule has 0 aliphatic rings. The van der Waals surface area contributed by atoms with Gasteiger partial charge in [-0.3, -0.25) is 4.98 Å². The number of hydrogen-bond acceptors (Lipinski definition) is 3. The summed E-state index contributed by atoms with van der Waals surface area (Å²) in [5, 5.41) is 0.431. The highest BCUT2D eigenvalue weighted by atomic mass is 35.5. The van der Waals surface area contributed by atoms with Gasteiger partial charge in [-0.1, -0.05) is 17.7 Å². The summed E-state index contributed by atoms with van der Waals surface area (Å²) in [6.07, 6.45) is 3.34. The molecule has 0 aliphatic carbocycles. The molecule has 4 heteroatoms. The lowest BCUT2D eigenvalue weighted by molar-refractivity contribution is 1.12. The summed E-state index contributed by atoms with van der Waals surface area (Å²) in [6.45, 7) is 1.96. The first-order valence-electron chi connectivity index (χ1n) is 4.18. The Morgan fingerprint density at radius 3 is 2.71 bits per heavy atom. The van der Waals surface area contributed by atoms with Crippen LogP contribution in [0.3, 0.4) is 0 Å². The van der Waals surface area contributed by atoms with E-state index in [9.17, 15) is 0 Å². The maximum Gasteiger partial charge on any atom is 0.179 e. The van der Waals surface area contributed by atoms with Gasteiger partial charge in [-0.05, 0) is 24.6 Å². The Balaban J connectivity index is 2.55. The fraction of sp³-hybridized carbons (Fsp3) is 0.100. The summed E-state index contributed by atoms with van der Waals surface area (Å²) in [5.41, 5.74) is 1.81. The summed E-state index contributed by atoms with van der Waals surface area (Å²) < 4.78 is 0. The van der Waals surface area contributed by atoms with E-state index in [1.54, 1.807) is 18.5 Å². The molecule has 0 N–H and O–H groups in total. The highest BCUT2D eigenvalue weighted by Gasteiger charge is 2.05. The van der Waals surface area contributed by atoms with Gasteiger partial charge < -0.3 is 0 Å². The predicted molar refractivity (Wildman–Crippen MR) is 55.0 cm³/mol. The number of rotatable bonds is 1. The van der Waals surface area contributed by atoms with E-state index in [0.717, 1.165) is 11.3 Å². The molecule has 0 saturated heterocycles. The van der Waals surface area contributed by atoms with Gasteiger partial charge in [0, 0.05) is 12.4 Å². The second-order valence-electron chi connectivity index (χ2n) is 2.87. The number of pyridine rings is 1. The van der Waals surface area contributed by atoms with Crippen LogP contribution in [-0.2, 0) is 0 Å². The highest BCUT2D eigenvalue weighted by molar-refractivity contribution is 6.29. The fourth-order valence-corrected chi connectivity index (χ4v) is 1.31. The molecule has 0 unspecified atom stereocenters. The van der Waals surface area contributed by atoms with Crippen LogP contribution in [0.5, 0.6) is 0 Å². The van der Waals surface area contributed by atoms with Gasteiger partial charge in [0.2, 0.25) is 0 Å². The average molecular weight is 206 g/mol. The van der Waals surface area contributed by atoms with Crippen molar-refractivity contribution in [2.75, 3.05) is 0 Å². The Morgan fingerprint density at radius 1 is 1.14 bits per heavy atom. The minimum absolute atomic E-state index is 0.431. The molecule has 0 spiro atoms. The summed E-state index contributed by atoms with van der Waals surface area (Å²) in [4.78, 5) is 12.4. The average Bonchev–Trinajstić information content (AvgIpc) is 2.18. The maximum atomic E-state index is 5.77. The zero-order valence-electron chi connectivity index (χ0n) is 7.61. The van der Waals surface area contributed by atoms with E-state index < -0.39 is 0 Å². The number of halogens is 1. The van der Waals surface area contributed by atoms with Crippen molar-refractivity contribution in [1.82, 2.24) is 15.0 Å². The quantitative estimate of drug-likeness (QED) is 0.672. The summed E-state index contributed by atoms with van der Waals surface area (Å²) in [6, 6.07) is 5.49. The van der Waals surface area contributed by atoms with Gasteiger partial charge in [-0.15, -0.1) is 0 Å². The lowest BCUT2D eigenvalue weighted by atomic mass is 10.2. The maximum absolute atomic E-state index is 5.77. The van der Waals surface area contributed by atoms with Crippen LogP contribution in [0, 0.1) is 6.92 Å². The van der Waals surface area contributed by atoms with Crippen molar-refractivity contribution in [1.29, 1.82) is 0 Å². The topological polar surface area (TPSA) is 38.7 Å². The van der Waals surface area contributed by atoms with E-state index in [-0.39, 0.29) is 0 Å². The van der Waals surface area contributed by atoms with Crippen molar-refractivity contribution >= 4 is 11.6 Å². The molecule has 0 atom stereocenters. The van der Waals surface area contributed by atoms with Gasteiger partial charge in [-0.2, -0.15) is 0 Å². The minimum Gasteiger partial charge on any atom is -0.253 e. The van der Waals surface area contributed by atoms with Gasteiger partial charge in [0.05, 0.1) is 0 Å². The van der Waals surface area contributed by atoms with Crippen LogP contribution in [0.25, 0.3) is 11.5 Å². The van der Waals surface area contributed by atoms with Crippen LogP contribution in [0.15, 0.2) is 30.6 Å². The van der Waals surface area contributed by atoms with Crippen molar-refractivity contribution in [3.8, 4) is 11.5 Å². The van der Waals surface area contributed by atoms with Crippen molar-refractivity contribution in [2.24, 2.45) is 0 Å². The van der Waals surface area contributed by atoms with Crippen molar-refractivity contribution in [3.63, 3.8) is 0 Å². The van der Waals surface area contributed by atoms with Gasteiger partial charge in [0.25, 0.3) is 0 Å². The molecule has 0 aliphatic heterocycles. The Kier molecular flexibility index (Phi) is 2.41. The van der Waals surface area contributed by atoms with Gasteiger partial charge in [-0.25, -0.2) is 9.97 Å². The van der Waals surface area contributed by atoms with E-state index >= 15 is 0 Å². The van der Waals surface area contributed by atoms with Gasteiger partial charge in [0.1, 0.15) is 10.8 Å². The first-order valence-corrected chi connectivity index (χ1v) is 4.56. The van der Waals surface area contributed by atoms with E-state index in [1.807, 2.05) is 19.1 Å². The Labute approximate surface area is 86.8 Å². The Hall–Kier alpha value is -1.48. The predicted octanol–water partition coefficient (Wildman–Crippen LogP) is 2.50. The van der Waals surface area contributed by atoms with Gasteiger partial charge in [0.15, 0.2) is 5.82 Å². The molecular formula is C10H8ClN3. The monoisotopic (exact) mass is 205 g/mol. The van der Waals surface area contributed by atoms with Gasteiger partial charge >= 0.3 is 0 Å². The van der Waals surface area contributed by atoms with Crippen LogP contribution in [0.4, 0.5) is 0 Å². The molecule has 2 aromatic heterocycles. The lowest BCUT2D eigenvalue weighted by Gasteiger charge is -2.01. The fourth-order valence-electron chi connectivity index (χ4n) is 1.17.